The zero-order valence-electron chi connectivity index (χ0n) is 22.1. The van der Waals surface area contributed by atoms with Crippen molar-refractivity contribution < 1.29 is 52.3 Å². The van der Waals surface area contributed by atoms with E-state index in [2.05, 4.69) is 0 Å². The average molecular weight is 528 g/mol. The third-order valence-electron chi connectivity index (χ3n) is 4.58. The van der Waals surface area contributed by atoms with E-state index < -0.39 is 42.7 Å². The van der Waals surface area contributed by atoms with Gasteiger partial charge in [-0.15, -0.1) is 0 Å². The van der Waals surface area contributed by atoms with Gasteiger partial charge in [0.15, 0.2) is 11.5 Å². The van der Waals surface area contributed by atoms with Gasteiger partial charge >= 0.3 is 24.4 Å². The number of carbonyl (C=O) groups excluding carboxylic acids is 4. The minimum Gasteiger partial charge on any atom is -0.458 e. The fraction of sp³-hybridized carbons (Fsp3) is 0.600. The zero-order valence-corrected chi connectivity index (χ0v) is 22.1. The van der Waals surface area contributed by atoms with E-state index in [0.717, 1.165) is 0 Å². The van der Waals surface area contributed by atoms with Crippen LogP contribution in [0.4, 0.5) is 14.4 Å². The fourth-order valence-corrected chi connectivity index (χ4v) is 2.62. The summed E-state index contributed by atoms with van der Waals surface area (Å²) in [5.41, 5.74) is 6.49. The van der Waals surface area contributed by atoms with Crippen molar-refractivity contribution in [2.75, 3.05) is 13.2 Å². The molecule has 0 aliphatic rings. The highest BCUT2D eigenvalue weighted by molar-refractivity contribution is 5.76. The maximum absolute atomic E-state index is 12.5. The Balaban J connectivity index is 2.87. The third kappa shape index (κ3) is 12.3. The normalized spacial score (nSPS) is 13.1. The highest BCUT2D eigenvalue weighted by Crippen LogP contribution is 2.30. The van der Waals surface area contributed by atoms with Crippen molar-refractivity contribution in [3.63, 3.8) is 0 Å². The van der Waals surface area contributed by atoms with E-state index in [0.29, 0.717) is 18.4 Å². The van der Waals surface area contributed by atoms with Crippen molar-refractivity contribution in [1.29, 1.82) is 0 Å². The first-order chi connectivity index (χ1) is 17.5. The molecule has 1 rings (SSSR count). The lowest BCUT2D eigenvalue weighted by molar-refractivity contribution is -0.155. The highest BCUT2D eigenvalue weighted by atomic mass is 16.8. The van der Waals surface area contributed by atoms with Crippen LogP contribution >= 0.6 is 0 Å². The van der Waals surface area contributed by atoms with E-state index in [1.54, 1.807) is 27.7 Å². The van der Waals surface area contributed by atoms with Gasteiger partial charge in [-0.1, -0.05) is 19.9 Å². The minimum atomic E-state index is -1.10. The second kappa shape index (κ2) is 16.3. The molecule has 0 fully saturated rings. The Labute approximate surface area is 216 Å². The Bertz CT molecular complexity index is 903. The average Bonchev–Trinajstić information content (AvgIpc) is 2.82. The number of benzene rings is 1. The topological polar surface area (TPSA) is 159 Å². The van der Waals surface area contributed by atoms with Gasteiger partial charge in [0.25, 0.3) is 0 Å². The van der Waals surface area contributed by atoms with Gasteiger partial charge < -0.3 is 38.9 Å². The molecule has 0 heterocycles. The number of esters is 1. The number of hydrogen-bond acceptors (Lipinski definition) is 12. The van der Waals surface area contributed by atoms with Crippen molar-refractivity contribution in [2.45, 2.75) is 85.2 Å². The number of nitrogens with two attached hydrogens (primary N) is 1. The van der Waals surface area contributed by atoms with Gasteiger partial charge in [-0.05, 0) is 64.7 Å². The maximum atomic E-state index is 12.5. The van der Waals surface area contributed by atoms with Crippen molar-refractivity contribution >= 4 is 24.4 Å². The molecule has 12 nitrogen and oxygen atoms in total. The molecule has 0 saturated carbocycles. The molecule has 37 heavy (non-hydrogen) atoms. The number of hydrogen-bond donors (Lipinski definition) is 1. The van der Waals surface area contributed by atoms with Crippen LogP contribution in [0.5, 0.6) is 11.5 Å². The van der Waals surface area contributed by atoms with E-state index >= 15 is 0 Å². The lowest BCUT2D eigenvalue weighted by Crippen LogP contribution is -2.39. The minimum absolute atomic E-state index is 0.00287. The largest absolute Gasteiger partial charge is 0.513 e. The second-order valence-electron chi connectivity index (χ2n) is 8.37. The van der Waals surface area contributed by atoms with E-state index in [1.165, 1.54) is 18.2 Å². The molecule has 3 atom stereocenters. The quantitative estimate of drug-likeness (QED) is 0.221. The Morgan fingerprint density at radius 1 is 0.757 bits per heavy atom. The molecule has 0 spiro atoms. The predicted octanol–water partition coefficient (Wildman–Crippen LogP) is 4.29. The molecular formula is C25H37NO11. The van der Waals surface area contributed by atoms with E-state index in [9.17, 15) is 19.2 Å². The van der Waals surface area contributed by atoms with Crippen LogP contribution in [-0.2, 0) is 34.9 Å². The van der Waals surface area contributed by atoms with Crippen LogP contribution in [0.2, 0.25) is 0 Å². The summed E-state index contributed by atoms with van der Waals surface area (Å²) in [7, 11) is 0. The van der Waals surface area contributed by atoms with Crippen LogP contribution in [0.3, 0.4) is 0 Å². The summed E-state index contributed by atoms with van der Waals surface area (Å²) in [6.45, 7) is 10.4. The monoisotopic (exact) mass is 527 g/mol. The molecule has 0 unspecified atom stereocenters. The Hall–Kier alpha value is -3.54. The molecule has 2 N–H and O–H groups in total. The molecule has 0 bridgehead atoms. The summed E-state index contributed by atoms with van der Waals surface area (Å²) in [6, 6.07) is 3.21. The van der Waals surface area contributed by atoms with Crippen LogP contribution in [0.1, 0.15) is 59.9 Å². The Morgan fingerprint density at radius 3 is 1.84 bits per heavy atom. The summed E-state index contributed by atoms with van der Waals surface area (Å²) in [6.07, 6.45) is -3.59. The molecule has 0 saturated heterocycles. The molecule has 0 aliphatic carbocycles. The third-order valence-corrected chi connectivity index (χ3v) is 4.58. The molecule has 208 valence electrons. The standard InChI is InChI=1S/C25H37NO11/c1-7-11-31-23(28)36-20-10-9-18(14-21(20)37-24(29)32-12-8-2)13-19(26)22(27)34-16(5)17(6)35-25(30)33-15(3)4/h9-10,14-17,19H,7-8,11-13,26H2,1-6H3/t16-,17-,19-/m0/s1. The zero-order chi connectivity index (χ0) is 28.0. The molecular weight excluding hydrogens is 490 g/mol. The first-order valence-corrected chi connectivity index (χ1v) is 12.1. The smallest absolute Gasteiger partial charge is 0.458 e. The number of carbonyl (C=O) groups is 4. The summed E-state index contributed by atoms with van der Waals surface area (Å²) >= 11 is 0. The van der Waals surface area contributed by atoms with Crippen molar-refractivity contribution in [3.8, 4) is 11.5 Å². The second-order valence-corrected chi connectivity index (χ2v) is 8.37. The lowest BCUT2D eigenvalue weighted by Gasteiger charge is -2.22. The van der Waals surface area contributed by atoms with E-state index in [1.807, 2.05) is 13.8 Å². The van der Waals surface area contributed by atoms with Crippen LogP contribution in [0.15, 0.2) is 18.2 Å². The highest BCUT2D eigenvalue weighted by Gasteiger charge is 2.25. The summed E-state index contributed by atoms with van der Waals surface area (Å²) in [5, 5.41) is 0. The van der Waals surface area contributed by atoms with Gasteiger partial charge in [0.05, 0.1) is 19.3 Å². The van der Waals surface area contributed by atoms with Gasteiger partial charge in [-0.25, -0.2) is 14.4 Å². The molecule has 12 heteroatoms. The van der Waals surface area contributed by atoms with Crippen molar-refractivity contribution in [3.05, 3.63) is 23.8 Å². The molecule has 0 aromatic heterocycles. The first-order valence-electron chi connectivity index (χ1n) is 12.1. The number of rotatable bonds is 13. The molecule has 0 amide bonds. The molecule has 1 aromatic carbocycles. The fourth-order valence-electron chi connectivity index (χ4n) is 2.62. The summed E-state index contributed by atoms with van der Waals surface area (Å²) < 4.78 is 35.4. The lowest BCUT2D eigenvalue weighted by atomic mass is 10.1. The van der Waals surface area contributed by atoms with Gasteiger partial charge in [0.2, 0.25) is 0 Å². The Kier molecular flexibility index (Phi) is 13.8. The van der Waals surface area contributed by atoms with Crippen LogP contribution in [0.25, 0.3) is 0 Å². The van der Waals surface area contributed by atoms with Crippen LogP contribution in [-0.4, -0.2) is 62.0 Å². The van der Waals surface area contributed by atoms with Crippen LogP contribution < -0.4 is 15.2 Å². The predicted molar refractivity (Wildman–Crippen MR) is 130 cm³/mol. The maximum Gasteiger partial charge on any atom is 0.513 e. The van der Waals surface area contributed by atoms with Crippen molar-refractivity contribution in [2.24, 2.45) is 5.73 Å². The van der Waals surface area contributed by atoms with Gasteiger partial charge in [-0.3, -0.25) is 4.79 Å². The van der Waals surface area contributed by atoms with Crippen molar-refractivity contribution in [1.82, 2.24) is 0 Å². The Morgan fingerprint density at radius 2 is 1.30 bits per heavy atom. The summed E-state index contributed by atoms with van der Waals surface area (Å²) in [5.74, 6) is -0.942. The number of ether oxygens (including phenoxy) is 7. The van der Waals surface area contributed by atoms with Gasteiger partial charge in [0.1, 0.15) is 18.2 Å². The van der Waals surface area contributed by atoms with E-state index in [4.69, 9.17) is 38.9 Å². The molecule has 1 aromatic rings. The van der Waals surface area contributed by atoms with Gasteiger partial charge in [-0.2, -0.15) is 0 Å². The summed E-state index contributed by atoms with van der Waals surface area (Å²) in [4.78, 5) is 48.0. The molecule has 0 radical (unpaired) electrons. The first kappa shape index (κ1) is 31.5. The van der Waals surface area contributed by atoms with Gasteiger partial charge in [0, 0.05) is 0 Å². The van der Waals surface area contributed by atoms with Crippen LogP contribution in [0, 0.1) is 0 Å². The van der Waals surface area contributed by atoms with E-state index in [-0.39, 0.29) is 37.2 Å². The molecule has 0 aliphatic heterocycles. The SMILES string of the molecule is CCCOC(=O)Oc1ccc(C[C@H](N)C(=O)O[C@@H](C)[C@H](C)OC(=O)OC(C)C)cc1OC(=O)OCCC.